The maximum Gasteiger partial charge on any atom is 0.260 e. The third-order valence-electron chi connectivity index (χ3n) is 5.30. The van der Waals surface area contributed by atoms with Crippen LogP contribution in [-0.2, 0) is 11.2 Å². The van der Waals surface area contributed by atoms with E-state index in [1.807, 2.05) is 66.4 Å². The third kappa shape index (κ3) is 5.84. The number of aryl methyl sites for hydroxylation is 1. The molecule has 0 radical (unpaired) electrons. The summed E-state index contributed by atoms with van der Waals surface area (Å²) in [5.41, 5.74) is 1.16. The van der Waals surface area contributed by atoms with Crippen LogP contribution in [0.1, 0.15) is 36.0 Å². The minimum atomic E-state index is -0.0279. The first-order valence-electron chi connectivity index (χ1n) is 10.6. The van der Waals surface area contributed by atoms with Gasteiger partial charge in [-0.05, 0) is 49.6 Å². The number of ether oxygens (including phenoxy) is 2. The molecule has 1 aromatic heterocycles. The Morgan fingerprint density at radius 2 is 1.97 bits per heavy atom. The highest BCUT2D eigenvalue weighted by molar-refractivity contribution is 5.78. The van der Waals surface area contributed by atoms with E-state index in [2.05, 4.69) is 10.1 Å². The van der Waals surface area contributed by atoms with Gasteiger partial charge in [0.1, 0.15) is 11.5 Å². The fourth-order valence-corrected chi connectivity index (χ4v) is 3.66. The van der Waals surface area contributed by atoms with Crippen molar-refractivity contribution in [1.29, 1.82) is 0 Å². The van der Waals surface area contributed by atoms with E-state index in [0.29, 0.717) is 37.0 Å². The van der Waals surface area contributed by atoms with Crippen LogP contribution < -0.4 is 9.47 Å². The van der Waals surface area contributed by atoms with Gasteiger partial charge in [-0.15, -0.1) is 0 Å². The highest BCUT2D eigenvalue weighted by Gasteiger charge is 2.28. The summed E-state index contributed by atoms with van der Waals surface area (Å²) in [5.74, 6) is 2.76. The first-order chi connectivity index (χ1) is 15.2. The number of likely N-dealkylation sites (tertiary alicyclic amines) is 1. The number of hydrogen-bond acceptors (Lipinski definition) is 6. The van der Waals surface area contributed by atoms with Gasteiger partial charge in [0.25, 0.3) is 5.91 Å². The number of benzene rings is 2. The van der Waals surface area contributed by atoms with E-state index >= 15 is 0 Å². The number of rotatable bonds is 8. The van der Waals surface area contributed by atoms with E-state index in [1.54, 1.807) is 0 Å². The predicted molar refractivity (Wildman–Crippen MR) is 115 cm³/mol. The van der Waals surface area contributed by atoms with E-state index in [0.717, 1.165) is 30.7 Å². The summed E-state index contributed by atoms with van der Waals surface area (Å²) < 4.78 is 16.9. The molecule has 2 aromatic carbocycles. The molecule has 0 saturated carbocycles. The van der Waals surface area contributed by atoms with Crippen molar-refractivity contribution in [3.8, 4) is 11.5 Å². The van der Waals surface area contributed by atoms with E-state index in [4.69, 9.17) is 14.0 Å². The number of para-hydroxylation sites is 1. The molecule has 1 fully saturated rings. The van der Waals surface area contributed by atoms with Crippen molar-refractivity contribution >= 4 is 5.91 Å². The fraction of sp³-hybridized carbons (Fsp3) is 0.375. The van der Waals surface area contributed by atoms with Gasteiger partial charge >= 0.3 is 0 Å². The van der Waals surface area contributed by atoms with Crippen molar-refractivity contribution in [1.82, 2.24) is 15.0 Å². The molecule has 31 heavy (non-hydrogen) atoms. The topological polar surface area (TPSA) is 77.7 Å². The number of amides is 1. The van der Waals surface area contributed by atoms with Crippen molar-refractivity contribution < 1.29 is 18.8 Å². The monoisotopic (exact) mass is 421 g/mol. The number of piperidine rings is 1. The molecule has 0 spiro atoms. The molecule has 4 rings (SSSR count). The zero-order valence-electron chi connectivity index (χ0n) is 17.7. The maximum atomic E-state index is 12.6. The van der Waals surface area contributed by atoms with E-state index in [9.17, 15) is 4.79 Å². The molecule has 7 heteroatoms. The average molecular weight is 421 g/mol. The lowest BCUT2D eigenvalue weighted by Crippen LogP contribution is -2.41. The Kier molecular flexibility index (Phi) is 6.82. The summed E-state index contributed by atoms with van der Waals surface area (Å²) >= 11 is 0. The van der Waals surface area contributed by atoms with Gasteiger partial charge in [-0.25, -0.2) is 0 Å². The second-order valence-corrected chi connectivity index (χ2v) is 7.74. The van der Waals surface area contributed by atoms with Crippen LogP contribution in [0.2, 0.25) is 0 Å². The van der Waals surface area contributed by atoms with Crippen LogP contribution in [0.25, 0.3) is 0 Å². The first kappa shape index (κ1) is 20.9. The molecule has 3 aromatic rings. The van der Waals surface area contributed by atoms with Gasteiger partial charge in [0.05, 0.1) is 12.5 Å². The number of carbonyl (C=O) groups excluding carboxylic acids is 1. The first-order valence-corrected chi connectivity index (χ1v) is 10.6. The largest absolute Gasteiger partial charge is 0.493 e. The summed E-state index contributed by atoms with van der Waals surface area (Å²) in [6.07, 6.45) is 2.39. The molecule has 1 unspecified atom stereocenters. The van der Waals surface area contributed by atoms with Crippen molar-refractivity contribution in [2.45, 2.75) is 32.1 Å². The number of carbonyl (C=O) groups is 1. The SMILES string of the molecule is Cc1cccc(OCCc2noc(C3CCCN(C(=O)COc4ccccc4)C3)n2)c1. The second kappa shape index (κ2) is 10.1. The van der Waals surface area contributed by atoms with Crippen molar-refractivity contribution in [3.63, 3.8) is 0 Å². The molecule has 0 N–H and O–H groups in total. The Morgan fingerprint density at radius 3 is 2.81 bits per heavy atom. The van der Waals surface area contributed by atoms with Gasteiger partial charge in [0.15, 0.2) is 12.4 Å². The van der Waals surface area contributed by atoms with Crippen LogP contribution in [0.4, 0.5) is 0 Å². The average Bonchev–Trinajstić information content (AvgIpc) is 3.27. The Bertz CT molecular complexity index is 989. The maximum absolute atomic E-state index is 12.6. The number of aromatic nitrogens is 2. The van der Waals surface area contributed by atoms with Crippen LogP contribution >= 0.6 is 0 Å². The van der Waals surface area contributed by atoms with Crippen LogP contribution in [0.3, 0.4) is 0 Å². The van der Waals surface area contributed by atoms with Crippen molar-refractivity contribution in [2.75, 3.05) is 26.3 Å². The lowest BCUT2D eigenvalue weighted by molar-refractivity contribution is -0.134. The minimum Gasteiger partial charge on any atom is -0.493 e. The highest BCUT2D eigenvalue weighted by atomic mass is 16.5. The summed E-state index contributed by atoms with van der Waals surface area (Å²) in [4.78, 5) is 18.9. The Balaban J connectivity index is 1.26. The molecular formula is C24H27N3O4. The van der Waals surface area contributed by atoms with Crippen molar-refractivity contribution in [3.05, 3.63) is 71.9 Å². The minimum absolute atomic E-state index is 0.0279. The summed E-state index contributed by atoms with van der Waals surface area (Å²) in [6.45, 7) is 3.83. The van der Waals surface area contributed by atoms with Gasteiger partial charge < -0.3 is 18.9 Å². The predicted octanol–water partition coefficient (Wildman–Crippen LogP) is 3.78. The van der Waals surface area contributed by atoms with Crippen LogP contribution in [0, 0.1) is 6.92 Å². The van der Waals surface area contributed by atoms with Gasteiger partial charge in [-0.3, -0.25) is 4.79 Å². The molecule has 1 amide bonds. The summed E-state index contributed by atoms with van der Waals surface area (Å²) in [6, 6.07) is 17.3. The lowest BCUT2D eigenvalue weighted by Gasteiger charge is -2.30. The Morgan fingerprint density at radius 1 is 1.13 bits per heavy atom. The molecule has 1 atom stereocenters. The van der Waals surface area contributed by atoms with E-state index < -0.39 is 0 Å². The smallest absolute Gasteiger partial charge is 0.260 e. The number of hydrogen-bond donors (Lipinski definition) is 0. The Labute approximate surface area is 182 Å². The third-order valence-corrected chi connectivity index (χ3v) is 5.30. The van der Waals surface area contributed by atoms with Gasteiger partial charge in [-0.1, -0.05) is 35.5 Å². The van der Waals surface area contributed by atoms with Gasteiger partial charge in [0, 0.05) is 19.5 Å². The zero-order chi connectivity index (χ0) is 21.5. The van der Waals surface area contributed by atoms with Crippen LogP contribution in [0.15, 0.2) is 59.1 Å². The van der Waals surface area contributed by atoms with E-state index in [-0.39, 0.29) is 18.4 Å². The molecule has 1 aliphatic rings. The highest BCUT2D eigenvalue weighted by Crippen LogP contribution is 2.26. The zero-order valence-corrected chi connectivity index (χ0v) is 17.7. The van der Waals surface area contributed by atoms with Gasteiger partial charge in [-0.2, -0.15) is 4.98 Å². The van der Waals surface area contributed by atoms with Crippen LogP contribution in [0.5, 0.6) is 11.5 Å². The van der Waals surface area contributed by atoms with Crippen LogP contribution in [-0.4, -0.2) is 47.3 Å². The van der Waals surface area contributed by atoms with E-state index in [1.165, 1.54) is 0 Å². The van der Waals surface area contributed by atoms with Gasteiger partial charge in [0.2, 0.25) is 5.89 Å². The molecule has 2 heterocycles. The standard InChI is InChI=1S/C24H27N3O4/c1-18-7-5-11-21(15-18)29-14-12-22-25-24(31-26-22)19-8-6-13-27(16-19)23(28)17-30-20-9-3-2-4-10-20/h2-5,7,9-11,15,19H,6,8,12-14,16-17H2,1H3. The summed E-state index contributed by atoms with van der Waals surface area (Å²) in [7, 11) is 0. The summed E-state index contributed by atoms with van der Waals surface area (Å²) in [5, 5.41) is 4.09. The Hall–Kier alpha value is -3.35. The quantitative estimate of drug-likeness (QED) is 0.551. The molecule has 0 aliphatic carbocycles. The second-order valence-electron chi connectivity index (χ2n) is 7.74. The normalized spacial score (nSPS) is 16.2. The lowest BCUT2D eigenvalue weighted by atomic mass is 9.98. The van der Waals surface area contributed by atoms with Crippen molar-refractivity contribution in [2.24, 2.45) is 0 Å². The molecule has 7 nitrogen and oxygen atoms in total. The number of nitrogens with zero attached hydrogens (tertiary/aromatic N) is 3. The molecule has 1 aliphatic heterocycles. The molecule has 0 bridgehead atoms. The molecule has 1 saturated heterocycles. The molecular weight excluding hydrogens is 394 g/mol. The molecule has 162 valence electrons. The fourth-order valence-electron chi connectivity index (χ4n) is 3.66.